The molecule has 0 aromatic heterocycles. The van der Waals surface area contributed by atoms with E-state index in [-0.39, 0.29) is 0 Å². The van der Waals surface area contributed by atoms with Crippen LogP contribution in [0.1, 0.15) is 11.1 Å². The van der Waals surface area contributed by atoms with E-state index in [1.807, 2.05) is 0 Å². The third-order valence-electron chi connectivity index (χ3n) is 6.64. The van der Waals surface area contributed by atoms with Gasteiger partial charge in [0.1, 0.15) is 5.82 Å². The molecule has 0 radical (unpaired) electrons. The van der Waals surface area contributed by atoms with Crippen molar-refractivity contribution in [1.82, 2.24) is 15.1 Å². The van der Waals surface area contributed by atoms with Crippen molar-refractivity contribution in [3.05, 3.63) is 77.6 Å². The van der Waals surface area contributed by atoms with Gasteiger partial charge in [-0.1, -0.05) is 30.4 Å². The minimum absolute atomic E-state index is 0.792. The first-order valence-corrected chi connectivity index (χ1v) is 12.1. The maximum atomic E-state index is 5.57. The fourth-order valence-electron chi connectivity index (χ4n) is 4.75. The first kappa shape index (κ1) is 22.0. The van der Waals surface area contributed by atoms with Gasteiger partial charge < -0.3 is 25.2 Å². The van der Waals surface area contributed by atoms with E-state index < -0.39 is 0 Å². The van der Waals surface area contributed by atoms with Gasteiger partial charge in [0.25, 0.3) is 0 Å². The number of benzene rings is 2. The first-order chi connectivity index (χ1) is 16.3. The Labute approximate surface area is 197 Å². The third-order valence-corrected chi connectivity index (χ3v) is 6.64. The molecule has 0 bridgehead atoms. The predicted octanol–water partition coefficient (Wildman–Crippen LogP) is 3.69. The summed E-state index contributed by atoms with van der Waals surface area (Å²) in [5, 5.41) is 7.13. The van der Waals surface area contributed by atoms with Gasteiger partial charge in [-0.2, -0.15) is 0 Å². The predicted molar refractivity (Wildman–Crippen MR) is 136 cm³/mol. The first-order valence-electron chi connectivity index (χ1n) is 12.1. The monoisotopic (exact) mass is 445 g/mol. The second-order valence-corrected chi connectivity index (χ2v) is 9.01. The summed E-state index contributed by atoms with van der Waals surface area (Å²) in [4.78, 5) is 7.35. The van der Waals surface area contributed by atoms with Crippen LogP contribution in [0, 0.1) is 6.92 Å². The van der Waals surface area contributed by atoms with Gasteiger partial charge in [0, 0.05) is 69.4 Å². The molecule has 2 N–H and O–H groups in total. The maximum absolute atomic E-state index is 5.57. The second kappa shape index (κ2) is 10.4. The number of ether oxygens (including phenoxy) is 1. The van der Waals surface area contributed by atoms with Crippen molar-refractivity contribution in [3.63, 3.8) is 0 Å². The van der Waals surface area contributed by atoms with E-state index in [0.29, 0.717) is 0 Å². The van der Waals surface area contributed by atoms with Crippen LogP contribution in [0.15, 0.2) is 66.5 Å². The Morgan fingerprint density at radius 3 is 2.70 bits per heavy atom. The van der Waals surface area contributed by atoms with Crippen LogP contribution in [-0.2, 0) is 11.3 Å². The van der Waals surface area contributed by atoms with E-state index >= 15 is 0 Å². The molecule has 0 atom stereocenters. The zero-order valence-electron chi connectivity index (χ0n) is 19.6. The lowest BCUT2D eigenvalue weighted by Gasteiger charge is -2.38. The Kier molecular flexibility index (Phi) is 6.95. The van der Waals surface area contributed by atoms with Crippen LogP contribution in [0.5, 0.6) is 0 Å². The van der Waals surface area contributed by atoms with Crippen LogP contribution < -0.4 is 15.5 Å². The van der Waals surface area contributed by atoms with Gasteiger partial charge in [-0.15, -0.1) is 0 Å². The number of morpholine rings is 1. The van der Waals surface area contributed by atoms with Crippen LogP contribution in [0.3, 0.4) is 0 Å². The molecule has 0 amide bonds. The van der Waals surface area contributed by atoms with E-state index in [9.17, 15) is 0 Å². The molecule has 33 heavy (non-hydrogen) atoms. The Balaban J connectivity index is 1.33. The van der Waals surface area contributed by atoms with E-state index in [1.165, 1.54) is 22.6 Å². The van der Waals surface area contributed by atoms with Crippen LogP contribution in [0.25, 0.3) is 0 Å². The molecule has 0 unspecified atom stereocenters. The normalized spacial score (nSPS) is 19.5. The summed E-state index contributed by atoms with van der Waals surface area (Å²) in [6.07, 6.45) is 6.61. The van der Waals surface area contributed by atoms with Crippen molar-refractivity contribution in [3.8, 4) is 0 Å². The van der Waals surface area contributed by atoms with Crippen LogP contribution in [-0.4, -0.2) is 68.8 Å². The minimum atomic E-state index is 0.792. The topological polar surface area (TPSA) is 43.0 Å². The van der Waals surface area contributed by atoms with E-state index in [1.54, 1.807) is 0 Å². The highest BCUT2D eigenvalue weighted by molar-refractivity contribution is 5.70. The van der Waals surface area contributed by atoms with E-state index in [4.69, 9.17) is 4.74 Å². The zero-order chi connectivity index (χ0) is 22.5. The van der Waals surface area contributed by atoms with Gasteiger partial charge in [0.2, 0.25) is 0 Å². The lowest BCUT2D eigenvalue weighted by molar-refractivity contribution is 0.0524. The molecule has 3 aliphatic heterocycles. The summed E-state index contributed by atoms with van der Waals surface area (Å²) in [6, 6.07) is 15.6. The molecule has 0 aliphatic carbocycles. The molecule has 6 nitrogen and oxygen atoms in total. The van der Waals surface area contributed by atoms with Gasteiger partial charge in [-0.3, -0.25) is 4.90 Å². The number of nitrogens with one attached hydrogen (secondary N) is 2. The average molecular weight is 446 g/mol. The number of hydrogen-bond donors (Lipinski definition) is 2. The Morgan fingerprint density at radius 1 is 1.00 bits per heavy atom. The van der Waals surface area contributed by atoms with E-state index in [0.717, 1.165) is 76.9 Å². The molecule has 2 fully saturated rings. The average Bonchev–Trinajstić information content (AvgIpc) is 2.87. The SMILES string of the molecule is Cc1ccc(N2CC=CC=C2N2CCOCC2)cc1Nc1cccc(CN2CCNCC2)c1. The third kappa shape index (κ3) is 5.41. The highest BCUT2D eigenvalue weighted by Gasteiger charge is 2.21. The number of nitrogens with zero attached hydrogens (tertiary/aromatic N) is 3. The Bertz CT molecular complexity index is 1010. The molecule has 174 valence electrons. The van der Waals surface area contributed by atoms with Gasteiger partial charge in [-0.25, -0.2) is 0 Å². The lowest BCUT2D eigenvalue weighted by Crippen LogP contribution is -2.43. The summed E-state index contributed by atoms with van der Waals surface area (Å²) < 4.78 is 5.57. The quantitative estimate of drug-likeness (QED) is 0.707. The van der Waals surface area contributed by atoms with Crippen molar-refractivity contribution in [1.29, 1.82) is 0 Å². The molecular formula is C27H35N5O. The molecule has 5 rings (SSSR count). The van der Waals surface area contributed by atoms with Gasteiger partial charge >= 0.3 is 0 Å². The summed E-state index contributed by atoms with van der Waals surface area (Å²) >= 11 is 0. The number of piperazine rings is 1. The number of allylic oxidation sites excluding steroid dienone is 2. The molecule has 3 aliphatic rings. The molecule has 0 spiro atoms. The molecule has 0 saturated carbocycles. The summed E-state index contributed by atoms with van der Waals surface area (Å²) in [7, 11) is 0. The Hall–Kier alpha value is -2.80. The molecule has 2 saturated heterocycles. The fourth-order valence-corrected chi connectivity index (χ4v) is 4.75. The van der Waals surface area contributed by atoms with E-state index in [2.05, 4.69) is 92.9 Å². The molecule has 3 heterocycles. The van der Waals surface area contributed by atoms with Gasteiger partial charge in [0.15, 0.2) is 0 Å². The van der Waals surface area contributed by atoms with Crippen molar-refractivity contribution in [2.45, 2.75) is 13.5 Å². The highest BCUT2D eigenvalue weighted by Crippen LogP contribution is 2.30. The summed E-state index contributed by atoms with van der Waals surface area (Å²) in [5.41, 5.74) is 6.11. The van der Waals surface area contributed by atoms with Gasteiger partial charge in [-0.05, 0) is 48.4 Å². The molecular weight excluding hydrogens is 410 g/mol. The largest absolute Gasteiger partial charge is 0.378 e. The highest BCUT2D eigenvalue weighted by atomic mass is 16.5. The molecule has 2 aromatic rings. The standard InChI is InChI=1S/C27H35N5O/c1-22-8-9-25(32-12-3-2-7-27(32)31-15-17-33-18-16-31)20-26(22)29-24-6-4-5-23(19-24)21-30-13-10-28-11-14-30/h2-9,19-20,28-29H,10-18,21H2,1H3. The summed E-state index contributed by atoms with van der Waals surface area (Å²) in [5.74, 6) is 1.26. The van der Waals surface area contributed by atoms with Crippen molar-refractivity contribution < 1.29 is 4.74 Å². The van der Waals surface area contributed by atoms with Crippen molar-refractivity contribution in [2.24, 2.45) is 0 Å². The van der Waals surface area contributed by atoms with Crippen LogP contribution in [0.4, 0.5) is 17.1 Å². The van der Waals surface area contributed by atoms with Crippen LogP contribution >= 0.6 is 0 Å². The second-order valence-electron chi connectivity index (χ2n) is 9.01. The smallest absolute Gasteiger partial charge is 0.109 e. The molecule has 6 heteroatoms. The number of anilines is 3. The summed E-state index contributed by atoms with van der Waals surface area (Å²) in [6.45, 7) is 11.9. The minimum Gasteiger partial charge on any atom is -0.378 e. The molecule has 2 aromatic carbocycles. The van der Waals surface area contributed by atoms with Crippen LogP contribution in [0.2, 0.25) is 0 Å². The number of hydrogen-bond acceptors (Lipinski definition) is 6. The number of rotatable bonds is 6. The van der Waals surface area contributed by atoms with Gasteiger partial charge in [0.05, 0.1) is 13.2 Å². The zero-order valence-corrected chi connectivity index (χ0v) is 19.6. The Morgan fingerprint density at radius 2 is 1.85 bits per heavy atom. The lowest BCUT2D eigenvalue weighted by atomic mass is 10.1. The number of aryl methyl sites for hydroxylation is 1. The fraction of sp³-hybridized carbons (Fsp3) is 0.407. The van der Waals surface area contributed by atoms with Crippen molar-refractivity contribution in [2.75, 3.05) is 69.2 Å². The van der Waals surface area contributed by atoms with Crippen molar-refractivity contribution >= 4 is 17.1 Å². The maximum Gasteiger partial charge on any atom is 0.109 e.